The van der Waals surface area contributed by atoms with Gasteiger partial charge in [0.15, 0.2) is 5.76 Å². The number of carbonyl (C=O) groups excluding carboxylic acids is 2. The molecule has 1 aromatic heterocycles. The molecule has 5 heteroatoms. The summed E-state index contributed by atoms with van der Waals surface area (Å²) in [6.07, 6.45) is 1.20. The van der Waals surface area contributed by atoms with Gasteiger partial charge in [-0.25, -0.2) is 0 Å². The fourth-order valence-corrected chi connectivity index (χ4v) is 2.95. The van der Waals surface area contributed by atoms with Gasteiger partial charge in [0.1, 0.15) is 11.4 Å². The molecule has 0 radical (unpaired) electrons. The van der Waals surface area contributed by atoms with Crippen LogP contribution in [0.1, 0.15) is 35.0 Å². The van der Waals surface area contributed by atoms with Crippen molar-refractivity contribution in [2.24, 2.45) is 0 Å². The molecule has 0 atom stereocenters. The number of furan rings is 1. The minimum Gasteiger partial charge on any atom is -0.451 e. The number of anilines is 1. The first-order chi connectivity index (χ1) is 11.9. The number of Topliss-reactive ketones (excluding diaryl/α,β-unsaturated/α-hetero) is 1. The molecule has 25 heavy (non-hydrogen) atoms. The number of hydrogen-bond donors (Lipinski definition) is 1. The molecule has 1 N–H and O–H groups in total. The van der Waals surface area contributed by atoms with Crippen molar-refractivity contribution < 1.29 is 14.0 Å². The maximum atomic E-state index is 12.5. The number of benzene rings is 2. The summed E-state index contributed by atoms with van der Waals surface area (Å²) >= 11 is 3.37. The van der Waals surface area contributed by atoms with Crippen LogP contribution in [0.15, 0.2) is 51.4 Å². The highest BCUT2D eigenvalue weighted by Gasteiger charge is 2.18. The number of carbonyl (C=O) groups is 2. The molecule has 4 nitrogen and oxygen atoms in total. The lowest BCUT2D eigenvalue weighted by Gasteiger charge is -2.03. The number of halogens is 1. The maximum absolute atomic E-state index is 12.5. The largest absolute Gasteiger partial charge is 0.451 e. The van der Waals surface area contributed by atoms with Gasteiger partial charge in [0.05, 0.1) is 0 Å². The Morgan fingerprint density at radius 1 is 1.12 bits per heavy atom. The highest BCUT2D eigenvalue weighted by atomic mass is 79.9. The van der Waals surface area contributed by atoms with Crippen molar-refractivity contribution in [1.29, 1.82) is 0 Å². The summed E-state index contributed by atoms with van der Waals surface area (Å²) in [6, 6.07) is 13.1. The molecule has 3 aromatic rings. The minimum absolute atomic E-state index is 0.165. The van der Waals surface area contributed by atoms with Crippen molar-refractivity contribution in [2.75, 3.05) is 5.32 Å². The van der Waals surface area contributed by atoms with Crippen LogP contribution in [0, 0.1) is 6.92 Å². The molecule has 0 aliphatic rings. The number of nitrogens with one attached hydrogen (secondary N) is 1. The van der Waals surface area contributed by atoms with E-state index in [2.05, 4.69) is 21.2 Å². The van der Waals surface area contributed by atoms with Gasteiger partial charge in [-0.3, -0.25) is 4.79 Å². The molecule has 128 valence electrons. The van der Waals surface area contributed by atoms with E-state index in [-0.39, 0.29) is 11.7 Å². The van der Waals surface area contributed by atoms with Crippen LogP contribution >= 0.6 is 15.9 Å². The third-order valence-electron chi connectivity index (χ3n) is 4.07. The molecular weight excluding hydrogens is 382 g/mol. The highest BCUT2D eigenvalue weighted by molar-refractivity contribution is 9.10. The molecule has 0 spiro atoms. The van der Waals surface area contributed by atoms with Crippen molar-refractivity contribution in [3.8, 4) is 0 Å². The van der Waals surface area contributed by atoms with Gasteiger partial charge >= 0.3 is 0 Å². The molecular formula is C20H18BrNO3. The predicted molar refractivity (Wildman–Crippen MR) is 102 cm³/mol. The third kappa shape index (κ3) is 3.99. The van der Waals surface area contributed by atoms with E-state index in [0.717, 1.165) is 21.0 Å². The quantitative estimate of drug-likeness (QED) is 0.634. The van der Waals surface area contributed by atoms with Crippen LogP contribution in [0.25, 0.3) is 11.0 Å². The zero-order valence-corrected chi connectivity index (χ0v) is 15.6. The Balaban J connectivity index is 1.86. The molecule has 0 unspecified atom stereocenters. The molecule has 0 aliphatic heterocycles. The van der Waals surface area contributed by atoms with E-state index >= 15 is 0 Å². The lowest BCUT2D eigenvalue weighted by atomic mass is 10.0. The Kier molecular flexibility index (Phi) is 5.04. The second-order valence-electron chi connectivity index (χ2n) is 6.05. The zero-order valence-electron chi connectivity index (χ0n) is 14.1. The monoisotopic (exact) mass is 399 g/mol. The maximum Gasteiger partial charge on any atom is 0.291 e. The fraction of sp³-hybridized carbons (Fsp3) is 0.200. The molecule has 0 fully saturated rings. The molecule has 0 saturated carbocycles. The lowest BCUT2D eigenvalue weighted by Crippen LogP contribution is -2.11. The van der Waals surface area contributed by atoms with E-state index in [0.29, 0.717) is 29.9 Å². The van der Waals surface area contributed by atoms with Crippen LogP contribution in [0.5, 0.6) is 0 Å². The summed E-state index contributed by atoms with van der Waals surface area (Å²) in [4.78, 5) is 23.7. The van der Waals surface area contributed by atoms with Gasteiger partial charge in [0, 0.05) is 27.5 Å². The summed E-state index contributed by atoms with van der Waals surface area (Å²) in [6.45, 7) is 3.46. The summed E-state index contributed by atoms with van der Waals surface area (Å²) in [5.41, 5.74) is 3.24. The second kappa shape index (κ2) is 7.23. The van der Waals surface area contributed by atoms with Crippen molar-refractivity contribution >= 4 is 44.3 Å². The Bertz CT molecular complexity index is 941. The summed E-state index contributed by atoms with van der Waals surface area (Å²) in [5, 5.41) is 3.75. The number of aryl methyl sites for hydroxylation is 2. The van der Waals surface area contributed by atoms with Crippen molar-refractivity contribution in [1.82, 2.24) is 0 Å². The summed E-state index contributed by atoms with van der Waals surface area (Å²) in [7, 11) is 0. The van der Waals surface area contributed by atoms with E-state index in [9.17, 15) is 9.59 Å². The van der Waals surface area contributed by atoms with E-state index < -0.39 is 0 Å². The van der Waals surface area contributed by atoms with Gasteiger partial charge < -0.3 is 14.5 Å². The smallest absolute Gasteiger partial charge is 0.291 e. The van der Waals surface area contributed by atoms with Crippen LogP contribution in [0.3, 0.4) is 0 Å². The molecule has 1 heterocycles. The second-order valence-corrected chi connectivity index (χ2v) is 6.97. The first kappa shape index (κ1) is 17.4. The summed E-state index contributed by atoms with van der Waals surface area (Å²) < 4.78 is 6.70. The Hall–Kier alpha value is -2.40. The van der Waals surface area contributed by atoms with Crippen LogP contribution in [0.4, 0.5) is 5.69 Å². The van der Waals surface area contributed by atoms with Crippen LogP contribution in [0.2, 0.25) is 0 Å². The van der Waals surface area contributed by atoms with Gasteiger partial charge in [-0.2, -0.15) is 0 Å². The Labute approximate surface area is 154 Å². The molecule has 0 bridgehead atoms. The normalized spacial score (nSPS) is 10.8. The minimum atomic E-state index is -0.277. The average Bonchev–Trinajstić information content (AvgIpc) is 2.92. The zero-order chi connectivity index (χ0) is 18.0. The number of hydrogen-bond acceptors (Lipinski definition) is 3. The SMILES string of the molecule is CC(=O)CCc1ccc2oc(C(=O)Nc3ccc(Br)cc3)c(C)c2c1. The van der Waals surface area contributed by atoms with E-state index in [4.69, 9.17) is 4.42 Å². The van der Waals surface area contributed by atoms with Gasteiger partial charge in [0.2, 0.25) is 0 Å². The van der Waals surface area contributed by atoms with Crippen molar-refractivity contribution in [3.05, 3.63) is 63.8 Å². The molecule has 0 aliphatic carbocycles. The molecule has 1 amide bonds. The van der Waals surface area contributed by atoms with Gasteiger partial charge in [-0.15, -0.1) is 0 Å². The number of rotatable bonds is 5. The van der Waals surface area contributed by atoms with E-state index in [1.807, 2.05) is 49.4 Å². The van der Waals surface area contributed by atoms with Crippen LogP contribution in [-0.4, -0.2) is 11.7 Å². The highest BCUT2D eigenvalue weighted by Crippen LogP contribution is 2.27. The topological polar surface area (TPSA) is 59.3 Å². The molecule has 2 aromatic carbocycles. The van der Waals surface area contributed by atoms with Crippen LogP contribution in [-0.2, 0) is 11.2 Å². The standard InChI is InChI=1S/C20H18BrNO3/c1-12(23)3-4-14-5-10-18-17(11-14)13(2)19(25-18)20(24)22-16-8-6-15(21)7-9-16/h5-11H,3-4H2,1-2H3,(H,22,24). The van der Waals surface area contributed by atoms with Crippen LogP contribution < -0.4 is 5.32 Å². The first-order valence-electron chi connectivity index (χ1n) is 8.02. The Morgan fingerprint density at radius 2 is 1.84 bits per heavy atom. The van der Waals surface area contributed by atoms with Crippen molar-refractivity contribution in [3.63, 3.8) is 0 Å². The van der Waals surface area contributed by atoms with Gasteiger partial charge in [-0.05, 0) is 62.2 Å². The van der Waals surface area contributed by atoms with Gasteiger partial charge in [-0.1, -0.05) is 22.0 Å². The fourth-order valence-electron chi connectivity index (χ4n) is 2.68. The van der Waals surface area contributed by atoms with E-state index in [1.165, 1.54) is 0 Å². The van der Waals surface area contributed by atoms with E-state index in [1.54, 1.807) is 6.92 Å². The first-order valence-corrected chi connectivity index (χ1v) is 8.81. The number of fused-ring (bicyclic) bond motifs is 1. The molecule has 0 saturated heterocycles. The summed E-state index contributed by atoms with van der Waals surface area (Å²) in [5.74, 6) is 0.196. The molecule has 3 rings (SSSR count). The number of amides is 1. The average molecular weight is 400 g/mol. The lowest BCUT2D eigenvalue weighted by molar-refractivity contribution is -0.116. The van der Waals surface area contributed by atoms with Crippen molar-refractivity contribution in [2.45, 2.75) is 26.7 Å². The predicted octanol–water partition coefficient (Wildman–Crippen LogP) is 5.28. The third-order valence-corrected chi connectivity index (χ3v) is 4.60. The van der Waals surface area contributed by atoms with Gasteiger partial charge in [0.25, 0.3) is 5.91 Å². The number of ketones is 1. The Morgan fingerprint density at radius 3 is 2.52 bits per heavy atom.